The average Bonchev–Trinajstić information content (AvgIpc) is 3.28. The number of aliphatic hydroxyl groups is 1. The summed E-state index contributed by atoms with van der Waals surface area (Å²) >= 11 is 1.81. The zero-order valence-corrected chi connectivity index (χ0v) is 28.4. The molecule has 0 aliphatic carbocycles. The van der Waals surface area contributed by atoms with Crippen LogP contribution in [0.3, 0.4) is 0 Å². The molecule has 0 spiro atoms. The van der Waals surface area contributed by atoms with E-state index in [1.165, 1.54) is 26.6 Å². The second kappa shape index (κ2) is 13.7. The van der Waals surface area contributed by atoms with Crippen LogP contribution < -0.4 is 19.1 Å². The van der Waals surface area contributed by atoms with Crippen LogP contribution in [0, 0.1) is 0 Å². The first kappa shape index (κ1) is 31.5. The van der Waals surface area contributed by atoms with Crippen LogP contribution in [0.2, 0.25) is 0 Å². The van der Waals surface area contributed by atoms with Gasteiger partial charge in [-0.2, -0.15) is 4.57 Å². The Kier molecular flexibility index (Phi) is 10.5. The number of nitrogens with zero attached hydrogens (tertiary/aromatic N) is 4. The molecule has 0 unspecified atom stereocenters. The Hall–Kier alpha value is -2.42. The molecule has 211 valence electrons. The normalized spacial score (nSPS) is 13.8. The molecule has 0 bridgehead atoms. The summed E-state index contributed by atoms with van der Waals surface area (Å²) in [5.41, 5.74) is 4.61. The van der Waals surface area contributed by atoms with Crippen molar-refractivity contribution >= 4 is 40.2 Å². The van der Waals surface area contributed by atoms with E-state index in [2.05, 4.69) is 121 Å². The number of fused-ring (bicyclic) bond motifs is 2. The first-order valence-corrected chi connectivity index (χ1v) is 14.7. The van der Waals surface area contributed by atoms with Gasteiger partial charge < -0.3 is 19.2 Å². The van der Waals surface area contributed by atoms with Crippen molar-refractivity contribution in [3.8, 4) is 11.4 Å². The number of likely N-dealkylation sites (N-methyl/N-ethyl adjacent to an activating group) is 2. The van der Waals surface area contributed by atoms with Crippen molar-refractivity contribution in [1.29, 1.82) is 0 Å². The maximum atomic E-state index is 9.60. The van der Waals surface area contributed by atoms with Crippen molar-refractivity contribution in [3.05, 3.63) is 89.5 Å². The van der Waals surface area contributed by atoms with Crippen LogP contribution in [0.25, 0.3) is 22.7 Å². The van der Waals surface area contributed by atoms with Gasteiger partial charge in [0.25, 0.3) is 5.82 Å². The van der Waals surface area contributed by atoms with Gasteiger partial charge in [-0.15, -0.1) is 0 Å². The summed E-state index contributed by atoms with van der Waals surface area (Å²) in [4.78, 5) is 6.00. The fourth-order valence-corrected chi connectivity index (χ4v) is 6.36. The summed E-state index contributed by atoms with van der Waals surface area (Å²) in [6.45, 7) is 5.77. The van der Waals surface area contributed by atoms with Gasteiger partial charge in [0.15, 0.2) is 0 Å². The molecule has 8 heteroatoms. The third kappa shape index (κ3) is 6.81. The zero-order valence-electron chi connectivity index (χ0n) is 24.7. The molecule has 0 fully saturated rings. The Bertz CT molecular complexity index is 1530. The summed E-state index contributed by atoms with van der Waals surface area (Å²) in [5, 5.41) is 12.0. The van der Waals surface area contributed by atoms with E-state index < -0.39 is 0 Å². The van der Waals surface area contributed by atoms with E-state index in [4.69, 9.17) is 4.74 Å². The van der Waals surface area contributed by atoms with E-state index >= 15 is 0 Å². The Balaban J connectivity index is 0.00000387. The maximum absolute atomic E-state index is 9.60. The van der Waals surface area contributed by atoms with E-state index in [-0.39, 0.29) is 39.3 Å². The number of benzene rings is 3. The topological polar surface area (TPSA) is 39.8 Å². The van der Waals surface area contributed by atoms with Crippen molar-refractivity contribution in [2.75, 3.05) is 70.8 Å². The van der Waals surface area contributed by atoms with Gasteiger partial charge in [0, 0.05) is 62.2 Å². The molecule has 2 heterocycles. The Morgan fingerprint density at radius 2 is 1.73 bits per heavy atom. The number of aliphatic hydroxyl groups excluding tert-OH is 1. The van der Waals surface area contributed by atoms with Crippen LogP contribution in [0.15, 0.2) is 88.8 Å². The van der Waals surface area contributed by atoms with Crippen molar-refractivity contribution in [2.45, 2.75) is 11.8 Å². The summed E-state index contributed by atoms with van der Waals surface area (Å²) in [5.74, 6) is 1.96. The molecule has 3 aromatic carbocycles. The third-order valence-electron chi connectivity index (χ3n) is 7.72. The third-order valence-corrected chi connectivity index (χ3v) is 8.89. The molecular formula is C33H40N4O2SY+2. The van der Waals surface area contributed by atoms with Crippen LogP contribution in [-0.4, -0.2) is 70.6 Å². The van der Waals surface area contributed by atoms with Gasteiger partial charge >= 0.3 is 0 Å². The number of methoxy groups -OCH3 is 1. The molecule has 1 N–H and O–H groups in total. The van der Waals surface area contributed by atoms with Crippen molar-refractivity contribution in [1.82, 2.24) is 0 Å². The smallest absolute Gasteiger partial charge is 0.283 e. The van der Waals surface area contributed by atoms with E-state index in [9.17, 15) is 5.11 Å². The first-order chi connectivity index (χ1) is 19.3. The molecule has 1 aliphatic rings. The molecule has 0 saturated heterocycles. The summed E-state index contributed by atoms with van der Waals surface area (Å²) in [7, 11) is 8.23. The molecule has 1 aliphatic heterocycles. The fourth-order valence-electron chi connectivity index (χ4n) is 5.26. The minimum atomic E-state index is 0. The van der Waals surface area contributed by atoms with Gasteiger partial charge in [-0.05, 0) is 55.0 Å². The molecule has 0 atom stereocenters. The van der Waals surface area contributed by atoms with Crippen LogP contribution in [0.4, 0.5) is 11.5 Å². The van der Waals surface area contributed by atoms with Gasteiger partial charge in [-0.25, -0.2) is 0 Å². The number of thioether (sulfide) groups is 1. The standard InChI is InChI=1S/C33H40N4O2S.Y/c1-6-35(18-19-37(3,4)20-21-38)32-22-25(23-33-34(2)29-14-10-11-15-31(29)40-33)28-17-16-27(39-5)24-30(28)36(32)26-12-8-7-9-13-26;/h7-17,22-24,38H,6,18-21H2,1-5H3;/q+2;. The van der Waals surface area contributed by atoms with E-state index in [1.807, 2.05) is 17.8 Å². The largest absolute Gasteiger partial charge is 0.497 e. The summed E-state index contributed by atoms with van der Waals surface area (Å²) in [6.07, 6.45) is 2.32. The number of para-hydroxylation sites is 2. The number of hydrogen-bond donors (Lipinski definition) is 1. The second-order valence-corrected chi connectivity index (χ2v) is 11.9. The van der Waals surface area contributed by atoms with Crippen molar-refractivity contribution in [2.24, 2.45) is 0 Å². The minimum absolute atomic E-state index is 0. The van der Waals surface area contributed by atoms with Crippen molar-refractivity contribution in [3.63, 3.8) is 0 Å². The van der Waals surface area contributed by atoms with Gasteiger partial charge in [-0.1, -0.05) is 42.1 Å². The van der Waals surface area contributed by atoms with Gasteiger partial charge in [0.05, 0.1) is 45.1 Å². The number of quaternary nitrogens is 1. The van der Waals surface area contributed by atoms with E-state index in [1.54, 1.807) is 7.11 Å². The number of rotatable bonds is 10. The molecule has 5 rings (SSSR count). The van der Waals surface area contributed by atoms with Gasteiger partial charge in [0.1, 0.15) is 36.6 Å². The fraction of sp³-hybridized carbons (Fsp3) is 0.303. The summed E-state index contributed by atoms with van der Waals surface area (Å²) in [6, 6.07) is 27.8. The van der Waals surface area contributed by atoms with Gasteiger partial charge in [-0.3, -0.25) is 4.90 Å². The quantitative estimate of drug-likeness (QED) is 0.181. The Morgan fingerprint density at radius 3 is 2.41 bits per heavy atom. The van der Waals surface area contributed by atoms with E-state index in [0.29, 0.717) is 0 Å². The van der Waals surface area contributed by atoms with E-state index in [0.717, 1.165) is 53.4 Å². The Labute approximate surface area is 273 Å². The molecular weight excluding hydrogens is 605 g/mol. The monoisotopic (exact) mass is 645 g/mol. The molecule has 0 amide bonds. The predicted octanol–water partition coefficient (Wildman–Crippen LogP) is 5.56. The maximum Gasteiger partial charge on any atom is 0.283 e. The predicted molar refractivity (Wildman–Crippen MR) is 168 cm³/mol. The molecule has 4 aromatic rings. The number of pyridine rings is 1. The molecule has 1 radical (unpaired) electrons. The Morgan fingerprint density at radius 1 is 1.00 bits per heavy atom. The van der Waals surface area contributed by atoms with Crippen molar-refractivity contribution < 1.29 is 51.6 Å². The van der Waals surface area contributed by atoms with Crippen LogP contribution in [-0.2, 0) is 32.7 Å². The minimum Gasteiger partial charge on any atom is -0.497 e. The van der Waals surface area contributed by atoms with Crippen LogP contribution >= 0.6 is 11.8 Å². The molecule has 0 saturated carbocycles. The first-order valence-electron chi connectivity index (χ1n) is 13.9. The van der Waals surface area contributed by atoms with Crippen LogP contribution in [0.5, 0.6) is 5.75 Å². The van der Waals surface area contributed by atoms with Gasteiger partial charge in [0.2, 0.25) is 0 Å². The molecule has 6 nitrogen and oxygen atoms in total. The SMILES string of the molecule is CCN(CC[N+](C)(C)CCO)c1cc(C=C2Sc3ccccc3N2C)c2ccc(OC)cc2[n+]1-c1ccccc1.[Y]. The molecule has 41 heavy (non-hydrogen) atoms. The average molecular weight is 646 g/mol. The number of hydrogen-bond acceptors (Lipinski definition) is 5. The summed E-state index contributed by atoms with van der Waals surface area (Å²) < 4.78 is 8.83. The number of aromatic nitrogens is 1. The number of anilines is 2. The molecule has 1 aromatic heterocycles. The second-order valence-electron chi connectivity index (χ2n) is 10.8. The zero-order chi connectivity index (χ0) is 28.3. The van der Waals surface area contributed by atoms with Crippen LogP contribution in [0.1, 0.15) is 12.5 Å². The number of ether oxygens (including phenoxy) is 1.